The molecule has 1 aromatic heterocycles. The lowest BCUT2D eigenvalue weighted by atomic mass is 10.2. The fraction of sp³-hybridized carbons (Fsp3) is 0.500. The zero-order valence-corrected chi connectivity index (χ0v) is 9.04. The highest BCUT2D eigenvalue weighted by Gasteiger charge is 2.16. The van der Waals surface area contributed by atoms with Gasteiger partial charge in [0.05, 0.1) is 0 Å². The summed E-state index contributed by atoms with van der Waals surface area (Å²) in [7, 11) is 0. The summed E-state index contributed by atoms with van der Waals surface area (Å²) < 4.78 is 5.28. The van der Waals surface area contributed by atoms with E-state index in [1.54, 1.807) is 24.0 Å². The number of ether oxygens (including phenoxy) is 1. The second kappa shape index (κ2) is 5.10. The van der Waals surface area contributed by atoms with Gasteiger partial charge in [0.1, 0.15) is 11.8 Å². The second-order valence-electron chi connectivity index (χ2n) is 3.27. The maximum absolute atomic E-state index is 8.70. The molecule has 0 aliphatic carbocycles. The molecule has 1 aliphatic heterocycles. The van der Waals surface area contributed by atoms with E-state index in [0.717, 1.165) is 26.1 Å². The predicted octanol–water partition coefficient (Wildman–Crippen LogP) is 1.62. The minimum atomic E-state index is 0.430. The van der Waals surface area contributed by atoms with Crippen LogP contribution in [0.3, 0.4) is 0 Å². The van der Waals surface area contributed by atoms with Gasteiger partial charge in [-0.1, -0.05) is 11.8 Å². The van der Waals surface area contributed by atoms with E-state index in [1.165, 1.54) is 0 Å². The molecule has 0 aromatic carbocycles. The van der Waals surface area contributed by atoms with E-state index in [2.05, 4.69) is 9.97 Å². The van der Waals surface area contributed by atoms with Crippen LogP contribution in [0.2, 0.25) is 0 Å². The van der Waals surface area contributed by atoms with Gasteiger partial charge in [0.15, 0.2) is 5.16 Å². The number of hydrogen-bond donors (Lipinski definition) is 0. The van der Waals surface area contributed by atoms with Gasteiger partial charge in [-0.3, -0.25) is 0 Å². The molecule has 0 amide bonds. The fourth-order valence-corrected chi connectivity index (χ4v) is 2.40. The zero-order chi connectivity index (χ0) is 10.5. The van der Waals surface area contributed by atoms with Gasteiger partial charge in [0.25, 0.3) is 0 Å². The van der Waals surface area contributed by atoms with Crippen molar-refractivity contribution in [1.82, 2.24) is 9.97 Å². The third-order valence-corrected chi connectivity index (χ3v) is 3.40. The molecule has 5 heteroatoms. The first kappa shape index (κ1) is 10.4. The standard InChI is InChI=1S/C10H11N3OS/c11-7-8-1-4-12-10(13-8)15-9-2-5-14-6-3-9/h1,4,9H,2-3,5-6H2. The summed E-state index contributed by atoms with van der Waals surface area (Å²) in [5.74, 6) is 0. The first-order valence-electron chi connectivity index (χ1n) is 4.86. The van der Waals surface area contributed by atoms with Crippen molar-refractivity contribution >= 4 is 11.8 Å². The van der Waals surface area contributed by atoms with Crippen molar-refractivity contribution in [2.24, 2.45) is 0 Å². The Hall–Kier alpha value is -1.12. The maximum Gasteiger partial charge on any atom is 0.189 e. The Morgan fingerprint density at radius 2 is 2.27 bits per heavy atom. The molecule has 2 rings (SSSR count). The molecule has 2 heterocycles. The van der Waals surface area contributed by atoms with Gasteiger partial charge in [-0.25, -0.2) is 9.97 Å². The molecule has 1 aliphatic rings. The molecule has 0 unspecified atom stereocenters. The molecule has 15 heavy (non-hydrogen) atoms. The summed E-state index contributed by atoms with van der Waals surface area (Å²) in [6, 6.07) is 3.63. The van der Waals surface area contributed by atoms with E-state index in [4.69, 9.17) is 10.00 Å². The van der Waals surface area contributed by atoms with Crippen LogP contribution >= 0.6 is 11.8 Å². The van der Waals surface area contributed by atoms with Crippen molar-refractivity contribution in [2.75, 3.05) is 13.2 Å². The molecule has 1 fully saturated rings. The molecule has 1 aromatic rings. The molecule has 1 saturated heterocycles. The molecule has 0 radical (unpaired) electrons. The van der Waals surface area contributed by atoms with Crippen molar-refractivity contribution in [1.29, 1.82) is 5.26 Å². The Kier molecular flexibility index (Phi) is 3.54. The van der Waals surface area contributed by atoms with Gasteiger partial charge < -0.3 is 4.74 Å². The summed E-state index contributed by atoms with van der Waals surface area (Å²) in [6.07, 6.45) is 3.70. The molecule has 0 atom stereocenters. The van der Waals surface area contributed by atoms with Crippen molar-refractivity contribution in [3.8, 4) is 6.07 Å². The van der Waals surface area contributed by atoms with Crippen LogP contribution in [0.15, 0.2) is 17.4 Å². The molecular formula is C10H11N3OS. The molecule has 0 bridgehead atoms. The van der Waals surface area contributed by atoms with Gasteiger partial charge in [0.2, 0.25) is 0 Å². The second-order valence-corrected chi connectivity index (χ2v) is 4.53. The molecule has 0 spiro atoms. The van der Waals surface area contributed by atoms with Gasteiger partial charge in [-0.05, 0) is 18.9 Å². The number of aromatic nitrogens is 2. The summed E-state index contributed by atoms with van der Waals surface area (Å²) in [5, 5.41) is 9.91. The zero-order valence-electron chi connectivity index (χ0n) is 8.22. The lowest BCUT2D eigenvalue weighted by molar-refractivity contribution is 0.1000. The average molecular weight is 221 g/mol. The number of nitriles is 1. The molecule has 0 N–H and O–H groups in total. The minimum Gasteiger partial charge on any atom is -0.381 e. The van der Waals surface area contributed by atoms with Crippen LogP contribution in [-0.4, -0.2) is 28.4 Å². The Balaban J connectivity index is 2.00. The highest BCUT2D eigenvalue weighted by atomic mass is 32.2. The number of thioether (sulfide) groups is 1. The number of rotatable bonds is 2. The van der Waals surface area contributed by atoms with Crippen LogP contribution < -0.4 is 0 Å². The molecule has 4 nitrogen and oxygen atoms in total. The summed E-state index contributed by atoms with van der Waals surface area (Å²) in [5.41, 5.74) is 0.430. The lowest BCUT2D eigenvalue weighted by Gasteiger charge is -2.20. The highest BCUT2D eigenvalue weighted by Crippen LogP contribution is 2.26. The third-order valence-electron chi connectivity index (χ3n) is 2.19. The lowest BCUT2D eigenvalue weighted by Crippen LogP contribution is -2.17. The van der Waals surface area contributed by atoms with E-state index in [-0.39, 0.29) is 0 Å². The quantitative estimate of drug-likeness (QED) is 0.710. The third kappa shape index (κ3) is 2.91. The van der Waals surface area contributed by atoms with Gasteiger partial charge >= 0.3 is 0 Å². The Morgan fingerprint density at radius 1 is 1.47 bits per heavy atom. The van der Waals surface area contributed by atoms with Crippen molar-refractivity contribution in [2.45, 2.75) is 23.2 Å². The minimum absolute atomic E-state index is 0.430. The van der Waals surface area contributed by atoms with Crippen molar-refractivity contribution < 1.29 is 4.74 Å². The summed E-state index contributed by atoms with van der Waals surface area (Å²) in [6.45, 7) is 1.63. The van der Waals surface area contributed by atoms with Crippen LogP contribution in [0, 0.1) is 11.3 Å². The Bertz CT molecular complexity index is 371. The predicted molar refractivity (Wildman–Crippen MR) is 56.4 cm³/mol. The highest BCUT2D eigenvalue weighted by molar-refractivity contribution is 7.99. The van der Waals surface area contributed by atoms with Crippen LogP contribution in [0.1, 0.15) is 18.5 Å². The Morgan fingerprint density at radius 3 is 3.00 bits per heavy atom. The monoisotopic (exact) mass is 221 g/mol. The van der Waals surface area contributed by atoms with E-state index in [0.29, 0.717) is 16.1 Å². The summed E-state index contributed by atoms with van der Waals surface area (Å²) >= 11 is 1.64. The van der Waals surface area contributed by atoms with Gasteiger partial charge in [-0.2, -0.15) is 5.26 Å². The maximum atomic E-state index is 8.70. The van der Waals surface area contributed by atoms with Crippen molar-refractivity contribution in [3.63, 3.8) is 0 Å². The smallest absolute Gasteiger partial charge is 0.189 e. The van der Waals surface area contributed by atoms with E-state index >= 15 is 0 Å². The van der Waals surface area contributed by atoms with Crippen LogP contribution in [0.25, 0.3) is 0 Å². The first-order valence-corrected chi connectivity index (χ1v) is 5.74. The largest absolute Gasteiger partial charge is 0.381 e. The van der Waals surface area contributed by atoms with Gasteiger partial charge in [-0.15, -0.1) is 0 Å². The van der Waals surface area contributed by atoms with Crippen LogP contribution in [-0.2, 0) is 4.74 Å². The number of hydrogen-bond acceptors (Lipinski definition) is 5. The average Bonchev–Trinajstić information content (AvgIpc) is 2.31. The van der Waals surface area contributed by atoms with Gasteiger partial charge in [0, 0.05) is 24.7 Å². The summed E-state index contributed by atoms with van der Waals surface area (Å²) in [4.78, 5) is 8.28. The van der Waals surface area contributed by atoms with Crippen molar-refractivity contribution in [3.05, 3.63) is 18.0 Å². The Labute approximate surface area is 92.7 Å². The normalized spacial score (nSPS) is 17.3. The molecular weight excluding hydrogens is 210 g/mol. The first-order chi connectivity index (χ1) is 7.38. The van der Waals surface area contributed by atoms with Crippen LogP contribution in [0.4, 0.5) is 0 Å². The van der Waals surface area contributed by atoms with Crippen LogP contribution in [0.5, 0.6) is 0 Å². The van der Waals surface area contributed by atoms with E-state index in [9.17, 15) is 0 Å². The van der Waals surface area contributed by atoms with E-state index < -0.39 is 0 Å². The fourth-order valence-electron chi connectivity index (χ4n) is 1.40. The molecule has 0 saturated carbocycles. The molecule has 78 valence electrons. The van der Waals surface area contributed by atoms with E-state index in [1.807, 2.05) is 6.07 Å². The SMILES string of the molecule is N#Cc1ccnc(SC2CCOCC2)n1. The number of nitrogens with zero attached hydrogens (tertiary/aromatic N) is 3. The topological polar surface area (TPSA) is 58.8 Å².